The van der Waals surface area contributed by atoms with Gasteiger partial charge in [0.05, 0.1) is 0 Å². The van der Waals surface area contributed by atoms with Gasteiger partial charge in [-0.1, -0.05) is 31.4 Å². The molecule has 5 heteroatoms. The molecule has 0 aromatic heterocycles. The first-order valence-electron chi connectivity index (χ1n) is 11.4. The Hall–Kier alpha value is -1.88. The van der Waals surface area contributed by atoms with E-state index >= 15 is 0 Å². The maximum Gasteiger partial charge on any atom is 0.254 e. The van der Waals surface area contributed by atoms with E-state index in [4.69, 9.17) is 0 Å². The smallest absolute Gasteiger partial charge is 0.254 e. The zero-order chi connectivity index (χ0) is 20.0. The van der Waals surface area contributed by atoms with Crippen molar-refractivity contribution in [2.24, 2.45) is 11.8 Å². The Labute approximate surface area is 173 Å². The maximum absolute atomic E-state index is 12.9. The van der Waals surface area contributed by atoms with Crippen LogP contribution in [0.25, 0.3) is 0 Å². The molecule has 1 N–H and O–H groups in total. The first-order chi connectivity index (χ1) is 14.0. The van der Waals surface area contributed by atoms with Crippen LogP contribution < -0.4 is 0 Å². The van der Waals surface area contributed by atoms with E-state index in [1.807, 2.05) is 17.0 Å². The van der Waals surface area contributed by atoms with Crippen molar-refractivity contribution in [3.63, 3.8) is 0 Å². The van der Waals surface area contributed by atoms with Crippen LogP contribution in [0, 0.1) is 11.8 Å². The van der Waals surface area contributed by atoms with Gasteiger partial charge >= 0.3 is 0 Å². The molecule has 0 bridgehead atoms. The predicted molar refractivity (Wildman–Crippen MR) is 111 cm³/mol. The number of nitrogens with zero attached hydrogens (tertiary/aromatic N) is 2. The molecule has 1 heterocycles. The van der Waals surface area contributed by atoms with Gasteiger partial charge in [0.1, 0.15) is 5.60 Å². The van der Waals surface area contributed by atoms with Gasteiger partial charge in [-0.2, -0.15) is 0 Å². The molecule has 4 aliphatic rings. The molecule has 3 unspecified atom stereocenters. The minimum Gasteiger partial charge on any atom is -0.380 e. The standard InChI is InChI=1S/C24H32N2O3/c27-22(25-12-14-26(15-13-25)23(28)24(29)10-11-24)19-7-4-18(5-8-19)21-9-6-17-2-1-3-20(17)16-21/h4-5,7-8,17,20-21,29H,1-3,6,9-16H2. The number of carbonyl (C=O) groups is 2. The molecule has 4 fully saturated rings. The number of fused-ring (bicyclic) bond motifs is 1. The van der Waals surface area contributed by atoms with Gasteiger partial charge in [0.2, 0.25) is 0 Å². The molecular formula is C24H32N2O3. The summed E-state index contributed by atoms with van der Waals surface area (Å²) < 4.78 is 0. The third kappa shape index (κ3) is 3.70. The summed E-state index contributed by atoms with van der Waals surface area (Å²) in [5.41, 5.74) is 1.02. The second-order valence-corrected chi connectivity index (χ2v) is 9.70. The molecule has 156 valence electrons. The fourth-order valence-electron chi connectivity index (χ4n) is 5.82. The van der Waals surface area contributed by atoms with Crippen molar-refractivity contribution in [2.45, 2.75) is 62.9 Å². The zero-order valence-electron chi connectivity index (χ0n) is 17.2. The highest BCUT2D eigenvalue weighted by Gasteiger charge is 2.50. The first-order valence-corrected chi connectivity index (χ1v) is 11.4. The Morgan fingerprint density at radius 2 is 1.52 bits per heavy atom. The van der Waals surface area contributed by atoms with Gasteiger partial charge in [0.25, 0.3) is 11.8 Å². The van der Waals surface area contributed by atoms with Crippen molar-refractivity contribution in [1.82, 2.24) is 9.80 Å². The number of aliphatic hydroxyl groups is 1. The molecule has 29 heavy (non-hydrogen) atoms. The topological polar surface area (TPSA) is 60.9 Å². The zero-order valence-corrected chi connectivity index (χ0v) is 17.2. The van der Waals surface area contributed by atoms with Crippen molar-refractivity contribution in [1.29, 1.82) is 0 Å². The van der Waals surface area contributed by atoms with Crippen LogP contribution in [-0.2, 0) is 4.79 Å². The fourth-order valence-corrected chi connectivity index (χ4v) is 5.82. The van der Waals surface area contributed by atoms with Crippen LogP contribution >= 0.6 is 0 Å². The van der Waals surface area contributed by atoms with Gasteiger partial charge in [-0.15, -0.1) is 0 Å². The van der Waals surface area contributed by atoms with Gasteiger partial charge < -0.3 is 14.9 Å². The Kier molecular flexibility index (Phi) is 4.89. The fraction of sp³-hybridized carbons (Fsp3) is 0.667. The van der Waals surface area contributed by atoms with Crippen LogP contribution in [0.15, 0.2) is 24.3 Å². The van der Waals surface area contributed by atoms with E-state index in [1.54, 1.807) is 4.90 Å². The largest absolute Gasteiger partial charge is 0.380 e. The molecule has 0 spiro atoms. The lowest BCUT2D eigenvalue weighted by molar-refractivity contribution is -0.143. The Morgan fingerprint density at radius 1 is 0.862 bits per heavy atom. The number of carbonyl (C=O) groups excluding carboxylic acids is 2. The second-order valence-electron chi connectivity index (χ2n) is 9.70. The number of hydrogen-bond acceptors (Lipinski definition) is 3. The van der Waals surface area contributed by atoms with E-state index in [0.717, 1.165) is 17.4 Å². The molecule has 1 aromatic rings. The van der Waals surface area contributed by atoms with Gasteiger partial charge in [-0.25, -0.2) is 0 Å². The summed E-state index contributed by atoms with van der Waals surface area (Å²) in [5.74, 6) is 2.43. The summed E-state index contributed by atoms with van der Waals surface area (Å²) in [6.45, 7) is 2.09. The van der Waals surface area contributed by atoms with Gasteiger partial charge in [0, 0.05) is 31.7 Å². The quantitative estimate of drug-likeness (QED) is 0.854. The molecule has 1 saturated heterocycles. The summed E-state index contributed by atoms with van der Waals surface area (Å²) in [4.78, 5) is 28.7. The van der Waals surface area contributed by atoms with Crippen molar-refractivity contribution in [3.05, 3.63) is 35.4 Å². The van der Waals surface area contributed by atoms with Crippen LogP contribution in [0.5, 0.6) is 0 Å². The van der Waals surface area contributed by atoms with E-state index in [-0.39, 0.29) is 11.8 Å². The van der Waals surface area contributed by atoms with E-state index in [2.05, 4.69) is 12.1 Å². The molecular weight excluding hydrogens is 364 g/mol. The maximum atomic E-state index is 12.9. The van der Waals surface area contributed by atoms with Crippen LogP contribution in [0.2, 0.25) is 0 Å². The number of piperazine rings is 1. The monoisotopic (exact) mass is 396 g/mol. The van der Waals surface area contributed by atoms with Crippen molar-refractivity contribution in [3.8, 4) is 0 Å². The number of rotatable bonds is 3. The van der Waals surface area contributed by atoms with Gasteiger partial charge in [-0.3, -0.25) is 9.59 Å². The lowest BCUT2D eigenvalue weighted by atomic mass is 9.73. The number of benzene rings is 1. The van der Waals surface area contributed by atoms with Crippen molar-refractivity contribution < 1.29 is 14.7 Å². The molecule has 1 aromatic carbocycles. The summed E-state index contributed by atoms with van der Waals surface area (Å²) in [6, 6.07) is 8.30. The minimum atomic E-state index is -1.11. The molecule has 3 aliphatic carbocycles. The summed E-state index contributed by atoms with van der Waals surface area (Å²) in [5, 5.41) is 10.0. The summed E-state index contributed by atoms with van der Waals surface area (Å²) in [7, 11) is 0. The second kappa shape index (κ2) is 7.42. The van der Waals surface area contributed by atoms with Crippen LogP contribution in [-0.4, -0.2) is 58.5 Å². The third-order valence-electron chi connectivity index (χ3n) is 7.89. The highest BCUT2D eigenvalue weighted by molar-refractivity contribution is 5.94. The van der Waals surface area contributed by atoms with Crippen LogP contribution in [0.4, 0.5) is 0 Å². The molecule has 2 amide bonds. The lowest BCUT2D eigenvalue weighted by Crippen LogP contribution is -2.53. The van der Waals surface area contributed by atoms with E-state index in [1.165, 1.54) is 44.1 Å². The molecule has 1 aliphatic heterocycles. The van der Waals surface area contributed by atoms with Crippen LogP contribution in [0.3, 0.4) is 0 Å². The number of hydrogen-bond donors (Lipinski definition) is 1. The minimum absolute atomic E-state index is 0.0493. The Balaban J connectivity index is 1.17. The Bertz CT molecular complexity index is 778. The Morgan fingerprint density at radius 3 is 2.21 bits per heavy atom. The average Bonchev–Trinajstić information content (AvgIpc) is 3.34. The number of amides is 2. The normalized spacial score (nSPS) is 30.7. The highest BCUT2D eigenvalue weighted by atomic mass is 16.3. The molecule has 5 rings (SSSR count). The molecule has 3 saturated carbocycles. The molecule has 0 radical (unpaired) electrons. The van der Waals surface area contributed by atoms with Gasteiger partial charge in [-0.05, 0) is 67.6 Å². The van der Waals surface area contributed by atoms with Gasteiger partial charge in [0.15, 0.2) is 0 Å². The lowest BCUT2D eigenvalue weighted by Gasteiger charge is -2.36. The average molecular weight is 397 g/mol. The van der Waals surface area contributed by atoms with Crippen LogP contribution in [0.1, 0.15) is 73.2 Å². The third-order valence-corrected chi connectivity index (χ3v) is 7.89. The SMILES string of the molecule is O=C(c1ccc(C2CCC3CCCC3C2)cc1)N1CCN(C(=O)C2(O)CC2)CC1. The first kappa shape index (κ1) is 19.1. The van der Waals surface area contributed by atoms with E-state index < -0.39 is 5.60 Å². The van der Waals surface area contributed by atoms with Crippen molar-refractivity contribution >= 4 is 11.8 Å². The van der Waals surface area contributed by atoms with E-state index in [9.17, 15) is 14.7 Å². The molecule has 5 nitrogen and oxygen atoms in total. The highest BCUT2D eigenvalue weighted by Crippen LogP contribution is 2.47. The van der Waals surface area contributed by atoms with E-state index in [0.29, 0.717) is 44.9 Å². The summed E-state index contributed by atoms with van der Waals surface area (Å²) >= 11 is 0. The summed E-state index contributed by atoms with van der Waals surface area (Å²) in [6.07, 6.45) is 9.37. The van der Waals surface area contributed by atoms with Crippen molar-refractivity contribution in [2.75, 3.05) is 26.2 Å². The molecule has 3 atom stereocenters. The predicted octanol–water partition coefficient (Wildman–Crippen LogP) is 3.18.